The lowest BCUT2D eigenvalue weighted by atomic mass is 9.97. The predicted octanol–water partition coefficient (Wildman–Crippen LogP) is 4.18. The van der Waals surface area contributed by atoms with Crippen molar-refractivity contribution in [2.45, 2.75) is 31.7 Å². The summed E-state index contributed by atoms with van der Waals surface area (Å²) in [5, 5.41) is 0. The zero-order chi connectivity index (χ0) is 17.8. The highest BCUT2D eigenvalue weighted by molar-refractivity contribution is 5.22. The summed E-state index contributed by atoms with van der Waals surface area (Å²) in [5.74, 6) is 1.57. The molecule has 3 aromatic rings. The van der Waals surface area contributed by atoms with Crippen molar-refractivity contribution in [1.82, 2.24) is 14.9 Å². The summed E-state index contributed by atoms with van der Waals surface area (Å²) in [4.78, 5) is 11.1. The maximum absolute atomic E-state index is 13.8. The molecule has 0 unspecified atom stereocenters. The highest BCUT2D eigenvalue weighted by Gasteiger charge is 2.25. The van der Waals surface area contributed by atoms with Crippen molar-refractivity contribution in [3.63, 3.8) is 0 Å². The van der Waals surface area contributed by atoms with Gasteiger partial charge in [0, 0.05) is 37.8 Å². The number of benzene rings is 1. The number of aromatic nitrogens is 2. The summed E-state index contributed by atoms with van der Waals surface area (Å²) in [7, 11) is 0. The molecule has 1 atom stereocenters. The number of piperidine rings is 1. The minimum Gasteiger partial charge on any atom is -0.445 e. The highest BCUT2D eigenvalue weighted by Crippen LogP contribution is 2.28. The number of pyridine rings is 1. The van der Waals surface area contributed by atoms with E-state index in [1.165, 1.54) is 11.6 Å². The molecule has 0 N–H and O–H groups in total. The summed E-state index contributed by atoms with van der Waals surface area (Å²) < 4.78 is 19.8. The van der Waals surface area contributed by atoms with E-state index in [2.05, 4.69) is 20.9 Å². The molecule has 0 bridgehead atoms. The van der Waals surface area contributed by atoms with Crippen molar-refractivity contribution in [3.05, 3.63) is 83.6 Å². The topological polar surface area (TPSA) is 42.2 Å². The van der Waals surface area contributed by atoms with Crippen LogP contribution < -0.4 is 0 Å². The van der Waals surface area contributed by atoms with Crippen LogP contribution in [-0.4, -0.2) is 28.0 Å². The van der Waals surface area contributed by atoms with Crippen LogP contribution >= 0.6 is 0 Å². The Hall–Kier alpha value is -2.53. The molecule has 0 aliphatic carbocycles. The Labute approximate surface area is 152 Å². The Kier molecular flexibility index (Phi) is 5.07. The van der Waals surface area contributed by atoms with Crippen LogP contribution in [0.2, 0.25) is 0 Å². The Morgan fingerprint density at radius 2 is 2.08 bits per heavy atom. The van der Waals surface area contributed by atoms with Gasteiger partial charge in [-0.15, -0.1) is 0 Å². The van der Waals surface area contributed by atoms with Crippen molar-refractivity contribution in [1.29, 1.82) is 0 Å². The molecule has 0 amide bonds. The first-order chi connectivity index (χ1) is 12.8. The third kappa shape index (κ3) is 3.99. The molecule has 1 saturated heterocycles. The van der Waals surface area contributed by atoms with Gasteiger partial charge in [-0.05, 0) is 42.6 Å². The number of oxazole rings is 1. The van der Waals surface area contributed by atoms with Crippen LogP contribution in [0.25, 0.3) is 0 Å². The quantitative estimate of drug-likeness (QED) is 0.692. The van der Waals surface area contributed by atoms with E-state index >= 15 is 0 Å². The van der Waals surface area contributed by atoms with Crippen molar-refractivity contribution in [2.24, 2.45) is 0 Å². The highest BCUT2D eigenvalue weighted by atomic mass is 19.1. The van der Waals surface area contributed by atoms with E-state index in [9.17, 15) is 4.39 Å². The van der Waals surface area contributed by atoms with Gasteiger partial charge in [0.25, 0.3) is 0 Å². The fraction of sp³-hybridized carbons (Fsp3) is 0.333. The average molecular weight is 351 g/mol. The number of rotatable bonds is 5. The molecule has 4 nitrogen and oxygen atoms in total. The fourth-order valence-electron chi connectivity index (χ4n) is 3.57. The molecule has 5 heteroatoms. The largest absolute Gasteiger partial charge is 0.445 e. The maximum Gasteiger partial charge on any atom is 0.198 e. The van der Waals surface area contributed by atoms with Gasteiger partial charge in [0.15, 0.2) is 5.89 Å². The van der Waals surface area contributed by atoms with Gasteiger partial charge in [0.05, 0.1) is 6.20 Å². The molecule has 1 aromatic carbocycles. The smallest absolute Gasteiger partial charge is 0.198 e. The summed E-state index contributed by atoms with van der Waals surface area (Å²) in [5.41, 5.74) is 1.86. The number of nitrogens with zero attached hydrogens (tertiary/aromatic N) is 3. The van der Waals surface area contributed by atoms with Crippen molar-refractivity contribution in [2.75, 3.05) is 13.1 Å². The standard InChI is InChI=1S/C21H22FN3O/c22-20-8-2-1-6-17(20)11-19-13-24-21(26-19)18-7-4-10-25(15-18)14-16-5-3-9-23-12-16/h1-3,5-6,8-9,12-13,18H,4,7,10-11,14-15H2/t18-/m1/s1. The van der Waals surface area contributed by atoms with Gasteiger partial charge in [0.2, 0.25) is 0 Å². The molecule has 2 aromatic heterocycles. The van der Waals surface area contributed by atoms with Crippen LogP contribution in [0, 0.1) is 5.82 Å². The monoisotopic (exact) mass is 351 g/mol. The van der Waals surface area contributed by atoms with E-state index in [4.69, 9.17) is 4.42 Å². The maximum atomic E-state index is 13.8. The molecule has 0 radical (unpaired) electrons. The lowest BCUT2D eigenvalue weighted by Crippen LogP contribution is -2.34. The van der Waals surface area contributed by atoms with Crippen molar-refractivity contribution in [3.8, 4) is 0 Å². The molecule has 1 aliphatic heterocycles. The molecule has 0 saturated carbocycles. The van der Waals surface area contributed by atoms with Crippen molar-refractivity contribution < 1.29 is 8.81 Å². The number of hydrogen-bond acceptors (Lipinski definition) is 4. The summed E-state index contributed by atoms with van der Waals surface area (Å²) in [6.07, 6.45) is 8.08. The number of hydrogen-bond donors (Lipinski definition) is 0. The summed E-state index contributed by atoms with van der Waals surface area (Å²) in [6.45, 7) is 2.90. The van der Waals surface area contributed by atoms with Crippen LogP contribution in [-0.2, 0) is 13.0 Å². The van der Waals surface area contributed by atoms with E-state index in [0.29, 0.717) is 12.0 Å². The molecule has 1 aliphatic rings. The zero-order valence-corrected chi connectivity index (χ0v) is 14.6. The minimum absolute atomic E-state index is 0.203. The normalized spacial score (nSPS) is 18.1. The van der Waals surface area contributed by atoms with E-state index in [-0.39, 0.29) is 11.7 Å². The third-order valence-corrected chi connectivity index (χ3v) is 4.88. The second-order valence-corrected chi connectivity index (χ2v) is 6.87. The van der Waals surface area contributed by atoms with Gasteiger partial charge in [-0.25, -0.2) is 9.37 Å². The molecule has 3 heterocycles. The van der Waals surface area contributed by atoms with Gasteiger partial charge < -0.3 is 4.42 Å². The number of halogens is 1. The molecule has 1 fully saturated rings. The second kappa shape index (κ2) is 7.79. The lowest BCUT2D eigenvalue weighted by molar-refractivity contribution is 0.185. The first-order valence-corrected chi connectivity index (χ1v) is 9.07. The van der Waals surface area contributed by atoms with Crippen molar-refractivity contribution >= 4 is 0 Å². The van der Waals surface area contributed by atoms with E-state index in [1.807, 2.05) is 18.3 Å². The minimum atomic E-state index is -0.203. The Morgan fingerprint density at radius 3 is 2.92 bits per heavy atom. The fourth-order valence-corrected chi connectivity index (χ4v) is 3.57. The predicted molar refractivity (Wildman–Crippen MR) is 97.2 cm³/mol. The van der Waals surface area contributed by atoms with Gasteiger partial charge in [-0.2, -0.15) is 0 Å². The summed E-state index contributed by atoms with van der Waals surface area (Å²) >= 11 is 0. The summed E-state index contributed by atoms with van der Waals surface area (Å²) in [6, 6.07) is 10.9. The third-order valence-electron chi connectivity index (χ3n) is 4.88. The SMILES string of the molecule is Fc1ccccc1Cc1cnc([C@@H]2CCCN(Cc3cccnc3)C2)o1. The lowest BCUT2D eigenvalue weighted by Gasteiger charge is -2.31. The van der Waals surface area contributed by atoms with E-state index in [1.54, 1.807) is 24.5 Å². The van der Waals surface area contributed by atoms with E-state index in [0.717, 1.165) is 44.1 Å². The first kappa shape index (κ1) is 16.9. The van der Waals surface area contributed by atoms with Crippen LogP contribution in [0.15, 0.2) is 59.4 Å². The molecular weight excluding hydrogens is 329 g/mol. The zero-order valence-electron chi connectivity index (χ0n) is 14.6. The van der Waals surface area contributed by atoms with Crippen LogP contribution in [0.5, 0.6) is 0 Å². The molecule has 134 valence electrons. The number of likely N-dealkylation sites (tertiary alicyclic amines) is 1. The molecule has 4 rings (SSSR count). The molecule has 26 heavy (non-hydrogen) atoms. The van der Waals surface area contributed by atoms with Crippen LogP contribution in [0.3, 0.4) is 0 Å². The average Bonchev–Trinajstić information content (AvgIpc) is 3.13. The van der Waals surface area contributed by atoms with Crippen LogP contribution in [0.1, 0.15) is 41.5 Å². The Balaban J connectivity index is 1.41. The Bertz CT molecular complexity index is 849. The molecular formula is C21H22FN3O. The van der Waals surface area contributed by atoms with Gasteiger partial charge in [-0.3, -0.25) is 9.88 Å². The second-order valence-electron chi connectivity index (χ2n) is 6.87. The van der Waals surface area contributed by atoms with E-state index < -0.39 is 0 Å². The Morgan fingerprint density at radius 1 is 1.15 bits per heavy atom. The molecule has 0 spiro atoms. The first-order valence-electron chi connectivity index (χ1n) is 9.07. The van der Waals surface area contributed by atoms with Gasteiger partial charge in [0.1, 0.15) is 11.6 Å². The van der Waals surface area contributed by atoms with Gasteiger partial charge >= 0.3 is 0 Å². The van der Waals surface area contributed by atoms with Gasteiger partial charge in [-0.1, -0.05) is 24.3 Å². The van der Waals surface area contributed by atoms with Crippen LogP contribution in [0.4, 0.5) is 4.39 Å².